The van der Waals surface area contributed by atoms with Crippen LogP contribution in [0.1, 0.15) is 13.8 Å². The van der Waals surface area contributed by atoms with Gasteiger partial charge in [-0.05, 0) is 13.8 Å². The fraction of sp³-hybridized carbons (Fsp3) is 0.900. The lowest BCUT2D eigenvalue weighted by molar-refractivity contribution is 0.0510. The van der Waals surface area contributed by atoms with Crippen molar-refractivity contribution in [3.05, 3.63) is 0 Å². The number of rotatable bonds is 4. The van der Waals surface area contributed by atoms with Gasteiger partial charge in [-0.25, -0.2) is 4.79 Å². The van der Waals surface area contributed by atoms with Gasteiger partial charge in [-0.2, -0.15) is 0 Å². The molecule has 0 bridgehead atoms. The molecule has 5 nitrogen and oxygen atoms in total. The molecule has 0 radical (unpaired) electrons. The maximum Gasteiger partial charge on any atom is 0.317 e. The van der Waals surface area contributed by atoms with Crippen molar-refractivity contribution in [2.75, 3.05) is 39.5 Å². The highest BCUT2D eigenvalue weighted by atomic mass is 16.5. The molecular formula is C10H20N2O3. The van der Waals surface area contributed by atoms with E-state index in [9.17, 15) is 4.79 Å². The van der Waals surface area contributed by atoms with Gasteiger partial charge in [-0.1, -0.05) is 0 Å². The summed E-state index contributed by atoms with van der Waals surface area (Å²) in [6.07, 6.45) is 0. The van der Waals surface area contributed by atoms with Gasteiger partial charge in [0.05, 0.1) is 25.9 Å². The van der Waals surface area contributed by atoms with Gasteiger partial charge in [0.2, 0.25) is 0 Å². The van der Waals surface area contributed by atoms with E-state index in [2.05, 4.69) is 5.32 Å². The summed E-state index contributed by atoms with van der Waals surface area (Å²) in [7, 11) is 0. The van der Waals surface area contributed by atoms with E-state index in [1.807, 2.05) is 13.8 Å². The zero-order valence-corrected chi connectivity index (χ0v) is 9.49. The van der Waals surface area contributed by atoms with Crippen LogP contribution < -0.4 is 5.32 Å². The minimum Gasteiger partial charge on any atom is -0.380 e. The Kier molecular flexibility index (Phi) is 5.42. The van der Waals surface area contributed by atoms with Crippen LogP contribution in [0.4, 0.5) is 4.79 Å². The molecule has 15 heavy (non-hydrogen) atoms. The highest BCUT2D eigenvalue weighted by molar-refractivity contribution is 5.74. The molecule has 0 spiro atoms. The van der Waals surface area contributed by atoms with E-state index in [1.165, 1.54) is 0 Å². The number of carbonyl (C=O) groups is 1. The molecule has 5 heteroatoms. The van der Waals surface area contributed by atoms with Crippen LogP contribution in [0.25, 0.3) is 0 Å². The Morgan fingerprint density at radius 3 is 2.80 bits per heavy atom. The number of nitrogens with one attached hydrogen (secondary N) is 1. The minimum absolute atomic E-state index is 0.0227. The number of nitrogens with zero attached hydrogens (tertiary/aromatic N) is 1. The van der Waals surface area contributed by atoms with Crippen molar-refractivity contribution in [3.8, 4) is 0 Å². The molecule has 0 aromatic heterocycles. The van der Waals surface area contributed by atoms with Crippen LogP contribution in [0, 0.1) is 0 Å². The summed E-state index contributed by atoms with van der Waals surface area (Å²) in [5.74, 6) is 0. The fourth-order valence-electron chi connectivity index (χ4n) is 1.40. The molecule has 1 saturated heterocycles. The number of urea groups is 1. The lowest BCUT2D eigenvalue weighted by Gasteiger charge is -2.28. The smallest absolute Gasteiger partial charge is 0.317 e. The summed E-state index contributed by atoms with van der Waals surface area (Å²) in [6, 6.07) is 0.0331. The second-order valence-corrected chi connectivity index (χ2v) is 3.61. The molecule has 1 aliphatic heterocycles. The second-order valence-electron chi connectivity index (χ2n) is 3.61. The van der Waals surface area contributed by atoms with Gasteiger partial charge in [0.15, 0.2) is 0 Å². The van der Waals surface area contributed by atoms with Crippen LogP contribution in [0.15, 0.2) is 0 Å². The molecule has 2 amide bonds. The first-order chi connectivity index (χ1) is 7.24. The van der Waals surface area contributed by atoms with Crippen LogP contribution in [0.5, 0.6) is 0 Å². The van der Waals surface area contributed by atoms with Gasteiger partial charge in [0.25, 0.3) is 0 Å². The molecule has 0 aromatic carbocycles. The van der Waals surface area contributed by atoms with Crippen molar-refractivity contribution in [3.63, 3.8) is 0 Å². The van der Waals surface area contributed by atoms with Crippen LogP contribution in [0.2, 0.25) is 0 Å². The van der Waals surface area contributed by atoms with Gasteiger partial charge in [-0.15, -0.1) is 0 Å². The van der Waals surface area contributed by atoms with Crippen molar-refractivity contribution in [2.24, 2.45) is 0 Å². The van der Waals surface area contributed by atoms with E-state index < -0.39 is 0 Å². The van der Waals surface area contributed by atoms with E-state index in [1.54, 1.807) is 4.90 Å². The number of carbonyl (C=O) groups excluding carboxylic acids is 1. The Morgan fingerprint density at radius 2 is 2.20 bits per heavy atom. The van der Waals surface area contributed by atoms with Crippen molar-refractivity contribution < 1.29 is 14.3 Å². The first-order valence-corrected chi connectivity index (χ1v) is 5.45. The Hall–Kier alpha value is -0.810. The van der Waals surface area contributed by atoms with Gasteiger partial charge in [0.1, 0.15) is 0 Å². The van der Waals surface area contributed by atoms with Crippen molar-refractivity contribution in [1.82, 2.24) is 10.2 Å². The van der Waals surface area contributed by atoms with Gasteiger partial charge in [-0.3, -0.25) is 0 Å². The number of hydrogen-bond donors (Lipinski definition) is 1. The highest BCUT2D eigenvalue weighted by Crippen LogP contribution is 1.98. The molecule has 1 aliphatic rings. The lowest BCUT2D eigenvalue weighted by Crippen LogP contribution is -2.49. The Labute approximate surface area is 90.7 Å². The Balaban J connectivity index is 2.21. The molecule has 0 aromatic rings. The summed E-state index contributed by atoms with van der Waals surface area (Å²) >= 11 is 0. The zero-order chi connectivity index (χ0) is 11.1. The summed E-state index contributed by atoms with van der Waals surface area (Å²) in [6.45, 7) is 7.73. The van der Waals surface area contributed by atoms with Gasteiger partial charge >= 0.3 is 6.03 Å². The second kappa shape index (κ2) is 6.63. The summed E-state index contributed by atoms with van der Waals surface area (Å²) in [5.41, 5.74) is 0. The molecule has 1 unspecified atom stereocenters. The summed E-state index contributed by atoms with van der Waals surface area (Å²) in [5, 5.41) is 2.89. The third-order valence-electron chi connectivity index (χ3n) is 2.24. The molecule has 1 atom stereocenters. The van der Waals surface area contributed by atoms with Gasteiger partial charge in [0, 0.05) is 19.7 Å². The molecular weight excluding hydrogens is 196 g/mol. The van der Waals surface area contributed by atoms with E-state index >= 15 is 0 Å². The fourth-order valence-corrected chi connectivity index (χ4v) is 1.40. The van der Waals surface area contributed by atoms with Crippen molar-refractivity contribution >= 4 is 6.03 Å². The summed E-state index contributed by atoms with van der Waals surface area (Å²) in [4.78, 5) is 13.4. The molecule has 88 valence electrons. The molecule has 1 fully saturated rings. The predicted molar refractivity (Wildman–Crippen MR) is 56.9 cm³/mol. The number of morpholine rings is 1. The van der Waals surface area contributed by atoms with E-state index in [0.717, 1.165) is 0 Å². The first-order valence-electron chi connectivity index (χ1n) is 5.45. The topological polar surface area (TPSA) is 50.8 Å². The highest BCUT2D eigenvalue weighted by Gasteiger charge is 2.17. The maximum absolute atomic E-state index is 11.7. The predicted octanol–water partition coefficient (Wildman–Crippen LogP) is 0.453. The van der Waals surface area contributed by atoms with Crippen LogP contribution in [-0.2, 0) is 9.47 Å². The molecule has 1 heterocycles. The quantitative estimate of drug-likeness (QED) is 0.742. The Morgan fingerprint density at radius 1 is 1.53 bits per heavy atom. The maximum atomic E-state index is 11.7. The van der Waals surface area contributed by atoms with Crippen LogP contribution in [-0.4, -0.2) is 56.5 Å². The number of ether oxygens (including phenoxy) is 2. The van der Waals surface area contributed by atoms with E-state index in [4.69, 9.17) is 9.47 Å². The SMILES string of the molecule is CCOCC(C)NC(=O)N1CCOCC1. The summed E-state index contributed by atoms with van der Waals surface area (Å²) < 4.78 is 10.4. The Bertz CT molecular complexity index is 193. The van der Waals surface area contributed by atoms with Crippen molar-refractivity contribution in [1.29, 1.82) is 0 Å². The minimum atomic E-state index is -0.0227. The lowest BCUT2D eigenvalue weighted by atomic mass is 10.3. The average molecular weight is 216 g/mol. The molecule has 1 rings (SSSR count). The molecule has 0 saturated carbocycles. The third-order valence-corrected chi connectivity index (χ3v) is 2.24. The van der Waals surface area contributed by atoms with Crippen molar-refractivity contribution in [2.45, 2.75) is 19.9 Å². The monoisotopic (exact) mass is 216 g/mol. The third kappa shape index (κ3) is 4.48. The number of amides is 2. The zero-order valence-electron chi connectivity index (χ0n) is 9.49. The largest absolute Gasteiger partial charge is 0.380 e. The molecule has 1 N–H and O–H groups in total. The van der Waals surface area contributed by atoms with Gasteiger partial charge < -0.3 is 19.7 Å². The number of hydrogen-bond acceptors (Lipinski definition) is 3. The van der Waals surface area contributed by atoms with E-state index in [-0.39, 0.29) is 12.1 Å². The first kappa shape index (κ1) is 12.3. The van der Waals surface area contributed by atoms with Crippen LogP contribution >= 0.6 is 0 Å². The average Bonchev–Trinajstić information content (AvgIpc) is 2.27. The standard InChI is InChI=1S/C10H20N2O3/c1-3-14-8-9(2)11-10(13)12-4-6-15-7-5-12/h9H,3-8H2,1-2H3,(H,11,13). The van der Waals surface area contributed by atoms with E-state index in [0.29, 0.717) is 39.5 Å². The van der Waals surface area contributed by atoms with Crippen LogP contribution in [0.3, 0.4) is 0 Å². The normalized spacial score (nSPS) is 18.7. The molecule has 0 aliphatic carbocycles.